The molecule has 13 heteroatoms. The summed E-state index contributed by atoms with van der Waals surface area (Å²) < 4.78 is 77.1. The minimum atomic E-state index is -4.68. The van der Waals surface area contributed by atoms with Gasteiger partial charge in [-0.05, 0) is 35.9 Å². The van der Waals surface area contributed by atoms with Crippen molar-refractivity contribution in [1.29, 1.82) is 0 Å². The van der Waals surface area contributed by atoms with Gasteiger partial charge >= 0.3 is 11.9 Å². The van der Waals surface area contributed by atoms with E-state index in [0.29, 0.717) is 37.9 Å². The standard InChI is InChI=1S/C22H19F3N4O5S/c1-4-35(31,32)18-9-14(13-7-16(33-2)10-17(8-13)34-3)11-26-20(18)29-21(30)28-12-15(22(23,24)25)5-6-19(28)27-29/h5-12H,4H2,1-3H3. The first kappa shape index (κ1) is 24.3. The summed E-state index contributed by atoms with van der Waals surface area (Å²) >= 11 is 0. The van der Waals surface area contributed by atoms with Crippen LogP contribution in [0, 0.1) is 0 Å². The first-order chi connectivity index (χ1) is 16.5. The molecule has 9 nitrogen and oxygen atoms in total. The maximum absolute atomic E-state index is 13.1. The Balaban J connectivity index is 1.95. The zero-order valence-corrected chi connectivity index (χ0v) is 19.5. The number of aromatic nitrogens is 4. The van der Waals surface area contributed by atoms with Crippen molar-refractivity contribution in [2.75, 3.05) is 20.0 Å². The van der Waals surface area contributed by atoms with Gasteiger partial charge in [0, 0.05) is 24.0 Å². The molecule has 0 fully saturated rings. The number of sulfone groups is 1. The molecule has 0 bridgehead atoms. The van der Waals surface area contributed by atoms with Crippen molar-refractivity contribution in [2.24, 2.45) is 0 Å². The molecule has 0 amide bonds. The largest absolute Gasteiger partial charge is 0.497 e. The second-order valence-electron chi connectivity index (χ2n) is 7.39. The number of benzene rings is 1. The second kappa shape index (κ2) is 8.73. The second-order valence-corrected chi connectivity index (χ2v) is 9.64. The Morgan fingerprint density at radius 2 is 1.66 bits per heavy atom. The lowest BCUT2D eigenvalue weighted by Gasteiger charge is -2.12. The molecule has 0 spiro atoms. The number of fused-ring (bicyclic) bond motifs is 1. The molecule has 4 rings (SSSR count). The van der Waals surface area contributed by atoms with Crippen molar-refractivity contribution in [3.05, 3.63) is 64.8 Å². The first-order valence-electron chi connectivity index (χ1n) is 10.1. The Morgan fingerprint density at radius 1 is 1.00 bits per heavy atom. The maximum Gasteiger partial charge on any atom is 0.417 e. The number of hydrogen-bond acceptors (Lipinski definition) is 7. The van der Waals surface area contributed by atoms with Gasteiger partial charge in [-0.25, -0.2) is 22.6 Å². The summed E-state index contributed by atoms with van der Waals surface area (Å²) in [4.78, 5) is 16.8. The molecule has 0 saturated heterocycles. The highest BCUT2D eigenvalue weighted by atomic mass is 32.2. The molecule has 0 aliphatic rings. The predicted octanol–water partition coefficient (Wildman–Crippen LogP) is 3.38. The van der Waals surface area contributed by atoms with Crippen LogP contribution in [0.15, 0.2) is 58.5 Å². The Morgan fingerprint density at radius 3 is 2.23 bits per heavy atom. The zero-order chi connectivity index (χ0) is 25.5. The summed E-state index contributed by atoms with van der Waals surface area (Å²) in [5.74, 6) is 0.279. The van der Waals surface area contributed by atoms with E-state index in [0.717, 1.165) is 12.1 Å². The van der Waals surface area contributed by atoms with Crippen LogP contribution in [0.25, 0.3) is 22.6 Å². The SMILES string of the molecule is CCS(=O)(=O)c1cc(-c2cc(OC)cc(OC)c2)cnc1-n1nc2ccc(C(F)(F)F)cn2c1=O. The van der Waals surface area contributed by atoms with Gasteiger partial charge in [0.1, 0.15) is 16.4 Å². The quantitative estimate of drug-likeness (QED) is 0.393. The molecule has 184 valence electrons. The highest BCUT2D eigenvalue weighted by Gasteiger charge is 2.31. The Kier molecular flexibility index (Phi) is 6.05. The molecular formula is C22H19F3N4O5S. The van der Waals surface area contributed by atoms with Crippen LogP contribution in [0.1, 0.15) is 12.5 Å². The molecule has 0 radical (unpaired) electrons. The zero-order valence-electron chi connectivity index (χ0n) is 18.7. The van der Waals surface area contributed by atoms with Crippen molar-refractivity contribution in [1.82, 2.24) is 19.2 Å². The highest BCUT2D eigenvalue weighted by molar-refractivity contribution is 7.91. The first-order valence-corrected chi connectivity index (χ1v) is 11.8. The fourth-order valence-electron chi connectivity index (χ4n) is 3.39. The van der Waals surface area contributed by atoms with E-state index in [1.165, 1.54) is 33.4 Å². The molecule has 0 aliphatic heterocycles. The third kappa shape index (κ3) is 4.46. The van der Waals surface area contributed by atoms with Crippen LogP contribution in [0.5, 0.6) is 11.5 Å². The van der Waals surface area contributed by atoms with Crippen molar-refractivity contribution >= 4 is 15.5 Å². The van der Waals surface area contributed by atoms with Crippen molar-refractivity contribution in [2.45, 2.75) is 18.0 Å². The third-order valence-corrected chi connectivity index (χ3v) is 7.01. The molecule has 0 saturated carbocycles. The lowest BCUT2D eigenvalue weighted by molar-refractivity contribution is -0.137. The Hall–Kier alpha value is -3.87. The van der Waals surface area contributed by atoms with Crippen LogP contribution in [0.3, 0.4) is 0 Å². The predicted molar refractivity (Wildman–Crippen MR) is 120 cm³/mol. The van der Waals surface area contributed by atoms with Gasteiger partial charge in [0.25, 0.3) is 0 Å². The van der Waals surface area contributed by atoms with E-state index < -0.39 is 27.3 Å². The van der Waals surface area contributed by atoms with Gasteiger partial charge in [0.15, 0.2) is 21.3 Å². The van der Waals surface area contributed by atoms with Gasteiger partial charge < -0.3 is 9.47 Å². The molecule has 3 aromatic heterocycles. The van der Waals surface area contributed by atoms with E-state index >= 15 is 0 Å². The van der Waals surface area contributed by atoms with E-state index in [1.54, 1.807) is 18.2 Å². The molecule has 0 unspecified atom stereocenters. The van der Waals surface area contributed by atoms with E-state index in [2.05, 4.69) is 10.1 Å². The van der Waals surface area contributed by atoms with Gasteiger partial charge in [0.05, 0.1) is 25.5 Å². The van der Waals surface area contributed by atoms with Crippen molar-refractivity contribution < 1.29 is 31.1 Å². The van der Waals surface area contributed by atoms with Gasteiger partial charge in [0.2, 0.25) is 0 Å². The van der Waals surface area contributed by atoms with Crippen LogP contribution in [0.4, 0.5) is 13.2 Å². The summed E-state index contributed by atoms with van der Waals surface area (Å²) in [6.07, 6.45) is -2.74. The van der Waals surface area contributed by atoms with E-state index in [-0.39, 0.29) is 22.1 Å². The maximum atomic E-state index is 13.1. The van der Waals surface area contributed by atoms with E-state index in [1.807, 2.05) is 0 Å². The normalized spacial score (nSPS) is 12.2. The van der Waals surface area contributed by atoms with Gasteiger partial charge in [-0.15, -0.1) is 5.10 Å². The number of halogens is 3. The van der Waals surface area contributed by atoms with Gasteiger partial charge in [-0.3, -0.25) is 0 Å². The molecule has 0 atom stereocenters. The highest BCUT2D eigenvalue weighted by Crippen LogP contribution is 2.32. The summed E-state index contributed by atoms with van der Waals surface area (Å²) in [6.45, 7) is 1.42. The molecule has 0 N–H and O–H groups in total. The minimum absolute atomic E-state index is 0.105. The van der Waals surface area contributed by atoms with Crippen LogP contribution >= 0.6 is 0 Å². The van der Waals surface area contributed by atoms with Crippen LogP contribution in [0.2, 0.25) is 0 Å². The average Bonchev–Trinajstić information content (AvgIpc) is 3.18. The number of nitrogens with zero attached hydrogens (tertiary/aromatic N) is 4. The van der Waals surface area contributed by atoms with Crippen LogP contribution < -0.4 is 15.2 Å². The number of ether oxygens (including phenoxy) is 2. The molecule has 35 heavy (non-hydrogen) atoms. The number of methoxy groups -OCH3 is 2. The van der Waals surface area contributed by atoms with E-state index in [9.17, 15) is 26.4 Å². The number of pyridine rings is 2. The summed E-state index contributed by atoms with van der Waals surface area (Å²) in [6, 6.07) is 8.07. The Labute approximate surface area is 197 Å². The minimum Gasteiger partial charge on any atom is -0.497 e. The number of rotatable bonds is 6. The van der Waals surface area contributed by atoms with E-state index in [4.69, 9.17) is 9.47 Å². The van der Waals surface area contributed by atoms with Gasteiger partial charge in [-0.1, -0.05) is 6.92 Å². The average molecular weight is 508 g/mol. The molecule has 0 aliphatic carbocycles. The van der Waals surface area contributed by atoms with Crippen LogP contribution in [-0.2, 0) is 16.0 Å². The smallest absolute Gasteiger partial charge is 0.417 e. The fraction of sp³-hybridized carbons (Fsp3) is 0.227. The third-order valence-electron chi connectivity index (χ3n) is 5.28. The summed E-state index contributed by atoms with van der Waals surface area (Å²) in [5.41, 5.74) is -1.24. The molecule has 1 aromatic carbocycles. The molecule has 4 aromatic rings. The fourth-order valence-corrected chi connectivity index (χ4v) is 4.43. The lowest BCUT2D eigenvalue weighted by atomic mass is 10.1. The van der Waals surface area contributed by atoms with Crippen molar-refractivity contribution in [3.8, 4) is 28.4 Å². The van der Waals surface area contributed by atoms with Crippen molar-refractivity contribution in [3.63, 3.8) is 0 Å². The summed E-state index contributed by atoms with van der Waals surface area (Å²) in [5, 5.41) is 4.00. The Bertz CT molecular complexity index is 1570. The summed E-state index contributed by atoms with van der Waals surface area (Å²) in [7, 11) is -1.01. The monoisotopic (exact) mass is 508 g/mol. The molecular weight excluding hydrogens is 489 g/mol. The van der Waals surface area contributed by atoms with Gasteiger partial charge in [-0.2, -0.15) is 17.9 Å². The topological polar surface area (TPSA) is 105 Å². The number of hydrogen-bond donors (Lipinski definition) is 0. The molecule has 3 heterocycles. The van der Waals surface area contributed by atoms with Crippen LogP contribution in [-0.4, -0.2) is 47.6 Å². The number of alkyl halides is 3. The lowest BCUT2D eigenvalue weighted by Crippen LogP contribution is -2.23.